The highest BCUT2D eigenvalue weighted by molar-refractivity contribution is 7.89. The first-order valence-corrected chi connectivity index (χ1v) is 15.5. The smallest absolute Gasteiger partial charge is 0.256 e. The van der Waals surface area contributed by atoms with Crippen LogP contribution in [0.4, 0.5) is 11.4 Å². The van der Waals surface area contributed by atoms with Gasteiger partial charge >= 0.3 is 0 Å². The summed E-state index contributed by atoms with van der Waals surface area (Å²) in [6.07, 6.45) is 3.25. The number of nitrogens with one attached hydrogen (secondary N) is 1. The van der Waals surface area contributed by atoms with Gasteiger partial charge in [-0.2, -0.15) is 4.31 Å². The van der Waals surface area contributed by atoms with Gasteiger partial charge in [-0.15, -0.1) is 0 Å². The van der Waals surface area contributed by atoms with E-state index in [0.29, 0.717) is 46.0 Å². The Kier molecular flexibility index (Phi) is 8.40. The molecule has 0 bridgehead atoms. The van der Waals surface area contributed by atoms with Crippen molar-refractivity contribution in [2.45, 2.75) is 38.0 Å². The number of nitrogens with zero attached hydrogens (tertiary/aromatic N) is 3. The van der Waals surface area contributed by atoms with Crippen molar-refractivity contribution < 1.29 is 13.2 Å². The lowest BCUT2D eigenvalue weighted by molar-refractivity contribution is 0.102. The third-order valence-electron chi connectivity index (χ3n) is 7.36. The van der Waals surface area contributed by atoms with Gasteiger partial charge in [0.25, 0.3) is 5.91 Å². The van der Waals surface area contributed by atoms with Gasteiger partial charge in [0, 0.05) is 42.2 Å². The van der Waals surface area contributed by atoms with E-state index in [1.807, 2.05) is 56.3 Å². The fraction of sp³-hybridized carbons (Fsp3) is 0.290. The normalized spacial score (nSPS) is 14.1. The zero-order valence-corrected chi connectivity index (χ0v) is 24.3. The molecule has 0 atom stereocenters. The monoisotopic (exact) mass is 576 g/mol. The molecule has 40 heavy (non-hydrogen) atoms. The second kappa shape index (κ2) is 12.0. The average Bonchev–Trinajstić information content (AvgIpc) is 2.98. The highest BCUT2D eigenvalue weighted by Gasteiger charge is 2.25. The Morgan fingerprint density at radius 2 is 1.65 bits per heavy atom. The summed E-state index contributed by atoms with van der Waals surface area (Å²) in [7, 11) is -3.71. The first-order chi connectivity index (χ1) is 19.3. The van der Waals surface area contributed by atoms with Crippen molar-refractivity contribution in [3.8, 4) is 11.3 Å². The fourth-order valence-electron chi connectivity index (χ4n) is 5.22. The maximum absolute atomic E-state index is 14.0. The van der Waals surface area contributed by atoms with Gasteiger partial charge in [-0.25, -0.2) is 13.4 Å². The van der Waals surface area contributed by atoms with E-state index in [1.165, 1.54) is 4.31 Å². The number of carbonyl (C=O) groups excluding carboxylic acids is 1. The molecule has 1 saturated heterocycles. The number of pyridine rings is 1. The maximum Gasteiger partial charge on any atom is 0.256 e. The van der Waals surface area contributed by atoms with Gasteiger partial charge in [0.2, 0.25) is 10.0 Å². The molecule has 0 unspecified atom stereocenters. The molecule has 7 nitrogen and oxygen atoms in total. The topological polar surface area (TPSA) is 82.6 Å². The number of aromatic nitrogens is 1. The lowest BCUT2D eigenvalue weighted by Gasteiger charge is -2.31. The van der Waals surface area contributed by atoms with E-state index >= 15 is 0 Å². The molecule has 0 saturated carbocycles. The first-order valence-electron chi connectivity index (χ1n) is 13.7. The summed E-state index contributed by atoms with van der Waals surface area (Å²) in [5.41, 5.74) is 3.93. The van der Waals surface area contributed by atoms with Crippen molar-refractivity contribution in [2.75, 3.05) is 36.4 Å². The molecule has 0 radical (unpaired) electrons. The molecule has 2 heterocycles. The minimum absolute atomic E-state index is 0.161. The molecular weight excluding hydrogens is 544 g/mol. The van der Waals surface area contributed by atoms with Crippen LogP contribution in [0.5, 0.6) is 0 Å². The van der Waals surface area contributed by atoms with Crippen LogP contribution in [-0.4, -0.2) is 49.8 Å². The number of halogens is 1. The van der Waals surface area contributed by atoms with E-state index in [4.69, 9.17) is 16.6 Å². The number of benzene rings is 3. The summed E-state index contributed by atoms with van der Waals surface area (Å²) in [5, 5.41) is 4.41. The van der Waals surface area contributed by atoms with Crippen LogP contribution in [0.2, 0.25) is 5.02 Å². The van der Waals surface area contributed by atoms with Gasteiger partial charge in [0.15, 0.2) is 0 Å². The Balaban J connectivity index is 1.59. The van der Waals surface area contributed by atoms with Gasteiger partial charge in [0.05, 0.1) is 33.0 Å². The standard InChI is InChI=1S/C31H33ClN4O3S/c1-3-36(4-2)40(38,39)24-16-17-30(35-18-8-5-9-19-35)29(20-24)34-31(37)26-21-28(22-12-14-23(32)15-13-22)33-27-11-7-6-10-25(26)27/h6-7,10-17,20-21H,3-5,8-9,18-19H2,1-2H3,(H,34,37). The number of hydrogen-bond acceptors (Lipinski definition) is 5. The Bertz CT molecular complexity index is 1630. The predicted molar refractivity (Wildman–Crippen MR) is 163 cm³/mol. The van der Waals surface area contributed by atoms with E-state index in [-0.39, 0.29) is 10.8 Å². The van der Waals surface area contributed by atoms with E-state index in [1.54, 1.807) is 30.3 Å². The number of anilines is 2. The molecule has 1 amide bonds. The molecule has 1 aliphatic heterocycles. The van der Waals surface area contributed by atoms with E-state index in [0.717, 1.165) is 43.6 Å². The Hall–Kier alpha value is -3.46. The van der Waals surface area contributed by atoms with Crippen LogP contribution in [0.1, 0.15) is 43.5 Å². The third kappa shape index (κ3) is 5.70. The Labute approximate surface area is 240 Å². The van der Waals surface area contributed by atoms with Crippen molar-refractivity contribution >= 4 is 49.8 Å². The number of amides is 1. The minimum atomic E-state index is -3.71. The quantitative estimate of drug-likeness (QED) is 0.249. The van der Waals surface area contributed by atoms with Crippen LogP contribution in [0.3, 0.4) is 0 Å². The van der Waals surface area contributed by atoms with E-state index < -0.39 is 10.0 Å². The Morgan fingerprint density at radius 3 is 2.35 bits per heavy atom. The van der Waals surface area contributed by atoms with Crippen LogP contribution >= 0.6 is 11.6 Å². The molecule has 1 fully saturated rings. The summed E-state index contributed by atoms with van der Waals surface area (Å²) in [6.45, 7) is 6.07. The molecule has 1 aliphatic rings. The number of hydrogen-bond donors (Lipinski definition) is 1. The average molecular weight is 577 g/mol. The largest absolute Gasteiger partial charge is 0.370 e. The van der Waals surface area contributed by atoms with Gasteiger partial charge in [-0.3, -0.25) is 4.79 Å². The molecule has 5 rings (SSSR count). The summed E-state index contributed by atoms with van der Waals surface area (Å²) >= 11 is 6.09. The van der Waals surface area contributed by atoms with Gasteiger partial charge < -0.3 is 10.2 Å². The zero-order chi connectivity index (χ0) is 28.3. The number of sulfonamides is 1. The highest BCUT2D eigenvalue weighted by Crippen LogP contribution is 2.33. The number of para-hydroxylation sites is 1. The Morgan fingerprint density at radius 1 is 0.950 bits per heavy atom. The lowest BCUT2D eigenvalue weighted by Crippen LogP contribution is -2.32. The molecule has 3 aromatic carbocycles. The first kappa shape index (κ1) is 28.1. The minimum Gasteiger partial charge on any atom is -0.370 e. The molecule has 208 valence electrons. The number of rotatable bonds is 8. The molecule has 0 aliphatic carbocycles. The van der Waals surface area contributed by atoms with Crippen molar-refractivity contribution in [1.82, 2.24) is 9.29 Å². The van der Waals surface area contributed by atoms with Crippen LogP contribution < -0.4 is 10.2 Å². The fourth-order valence-corrected chi connectivity index (χ4v) is 6.83. The zero-order valence-electron chi connectivity index (χ0n) is 22.7. The van der Waals surface area contributed by atoms with Gasteiger partial charge in [-0.05, 0) is 61.7 Å². The molecule has 0 spiro atoms. The van der Waals surface area contributed by atoms with E-state index in [9.17, 15) is 13.2 Å². The van der Waals surface area contributed by atoms with Crippen LogP contribution in [0.15, 0.2) is 77.7 Å². The molecular formula is C31H33ClN4O3S. The highest BCUT2D eigenvalue weighted by atomic mass is 35.5. The third-order valence-corrected chi connectivity index (χ3v) is 9.65. The maximum atomic E-state index is 14.0. The van der Waals surface area contributed by atoms with Crippen molar-refractivity contribution in [2.24, 2.45) is 0 Å². The number of carbonyl (C=O) groups is 1. The summed E-state index contributed by atoms with van der Waals surface area (Å²) in [4.78, 5) is 21.1. The SMILES string of the molecule is CCN(CC)S(=O)(=O)c1ccc(N2CCCCC2)c(NC(=O)c2cc(-c3ccc(Cl)cc3)nc3ccccc23)c1. The summed E-state index contributed by atoms with van der Waals surface area (Å²) in [5.74, 6) is -0.329. The molecule has 4 aromatic rings. The van der Waals surface area contributed by atoms with E-state index in [2.05, 4.69) is 10.2 Å². The second-order valence-corrected chi connectivity index (χ2v) is 12.2. The van der Waals surface area contributed by atoms with Crippen LogP contribution in [-0.2, 0) is 10.0 Å². The number of fused-ring (bicyclic) bond motifs is 1. The molecule has 1 aromatic heterocycles. The van der Waals surface area contributed by atoms with Crippen molar-refractivity contribution in [3.63, 3.8) is 0 Å². The lowest BCUT2D eigenvalue weighted by atomic mass is 10.0. The summed E-state index contributed by atoms with van der Waals surface area (Å²) < 4.78 is 28.2. The molecule has 9 heteroatoms. The number of piperidine rings is 1. The van der Waals surface area contributed by atoms with Crippen LogP contribution in [0, 0.1) is 0 Å². The summed E-state index contributed by atoms with van der Waals surface area (Å²) in [6, 6.07) is 21.7. The van der Waals surface area contributed by atoms with Gasteiger partial charge in [0.1, 0.15) is 0 Å². The second-order valence-electron chi connectivity index (χ2n) is 9.85. The van der Waals surface area contributed by atoms with Gasteiger partial charge in [-0.1, -0.05) is 55.8 Å². The van der Waals surface area contributed by atoms with Crippen molar-refractivity contribution in [3.05, 3.63) is 83.4 Å². The van der Waals surface area contributed by atoms with Crippen LogP contribution in [0.25, 0.3) is 22.2 Å². The van der Waals surface area contributed by atoms with Crippen molar-refractivity contribution in [1.29, 1.82) is 0 Å². The predicted octanol–water partition coefficient (Wildman–Crippen LogP) is 6.83. The molecule has 1 N–H and O–H groups in total.